The van der Waals surface area contributed by atoms with Crippen LogP contribution < -0.4 is 5.73 Å². The summed E-state index contributed by atoms with van der Waals surface area (Å²) in [6.45, 7) is 5.26. The van der Waals surface area contributed by atoms with Crippen LogP contribution in [0.1, 0.15) is 22.8 Å². The van der Waals surface area contributed by atoms with E-state index in [-0.39, 0.29) is 6.41 Å². The van der Waals surface area contributed by atoms with Crippen molar-refractivity contribution < 1.29 is 18.0 Å². The number of hydrogen-bond acceptors (Lipinski definition) is 4. The van der Waals surface area contributed by atoms with Crippen molar-refractivity contribution in [2.45, 2.75) is 26.9 Å². The monoisotopic (exact) mass is 351 g/mol. The number of aromatic nitrogens is 4. The molecule has 0 aliphatic rings. The third-order valence-corrected chi connectivity index (χ3v) is 3.54. The van der Waals surface area contributed by atoms with Crippen LogP contribution in [0.25, 0.3) is 16.9 Å². The molecule has 0 atom stereocenters. The van der Waals surface area contributed by atoms with Crippen molar-refractivity contribution in [2.75, 3.05) is 0 Å². The Hall–Kier alpha value is -2.97. The Morgan fingerprint density at radius 2 is 1.76 bits per heavy atom. The molecular weight excluding hydrogens is 335 g/mol. The molecule has 3 rings (SSSR count). The van der Waals surface area contributed by atoms with Crippen molar-refractivity contribution in [3.63, 3.8) is 0 Å². The molecule has 25 heavy (non-hydrogen) atoms. The zero-order valence-electron chi connectivity index (χ0n) is 13.8. The van der Waals surface area contributed by atoms with E-state index in [9.17, 15) is 13.2 Å². The van der Waals surface area contributed by atoms with Crippen LogP contribution in [0.5, 0.6) is 0 Å². The number of carbonyl (C=O) groups is 1. The minimum absolute atomic E-state index is 0.250. The first-order chi connectivity index (χ1) is 11.7. The lowest BCUT2D eigenvalue weighted by Crippen LogP contribution is -2.09. The largest absolute Gasteiger partial charge is 0.433 e. The zero-order valence-corrected chi connectivity index (χ0v) is 13.8. The van der Waals surface area contributed by atoms with Gasteiger partial charge in [-0.3, -0.25) is 14.2 Å². The van der Waals surface area contributed by atoms with Gasteiger partial charge in [0.1, 0.15) is 5.69 Å². The zero-order chi connectivity index (χ0) is 18.8. The SMILES string of the molecule is Cc1cc(-c2cncc3nc(C)c(C)n23)cc(C(F)(F)F)n1.NC=O. The van der Waals surface area contributed by atoms with Crippen molar-refractivity contribution >= 4 is 12.1 Å². The van der Waals surface area contributed by atoms with Crippen LogP contribution in [0.4, 0.5) is 13.2 Å². The molecule has 2 N–H and O–H groups in total. The highest BCUT2D eigenvalue weighted by Crippen LogP contribution is 2.31. The summed E-state index contributed by atoms with van der Waals surface area (Å²) in [6.07, 6.45) is -1.11. The average molecular weight is 351 g/mol. The normalized spacial score (nSPS) is 11.1. The molecule has 0 spiro atoms. The molecule has 3 aromatic heterocycles. The van der Waals surface area contributed by atoms with E-state index in [1.807, 2.05) is 13.8 Å². The fourth-order valence-corrected chi connectivity index (χ4v) is 2.42. The number of rotatable bonds is 1. The number of aryl methyl sites for hydroxylation is 3. The van der Waals surface area contributed by atoms with Gasteiger partial charge in [-0.05, 0) is 32.9 Å². The Labute approximate surface area is 141 Å². The van der Waals surface area contributed by atoms with E-state index >= 15 is 0 Å². The number of hydrogen-bond donors (Lipinski definition) is 1. The smallest absolute Gasteiger partial charge is 0.372 e. The minimum Gasteiger partial charge on any atom is -0.372 e. The summed E-state index contributed by atoms with van der Waals surface area (Å²) in [4.78, 5) is 20.6. The Kier molecular flexibility index (Phi) is 5.05. The highest BCUT2D eigenvalue weighted by Gasteiger charge is 2.33. The molecule has 1 amide bonds. The Morgan fingerprint density at radius 3 is 2.36 bits per heavy atom. The molecular formula is C16H16F3N5O. The number of nitrogens with zero attached hydrogens (tertiary/aromatic N) is 4. The van der Waals surface area contributed by atoms with E-state index in [2.05, 4.69) is 20.7 Å². The molecule has 0 fully saturated rings. The summed E-state index contributed by atoms with van der Waals surface area (Å²) in [5.41, 5.74) is 6.83. The van der Waals surface area contributed by atoms with Gasteiger partial charge in [-0.25, -0.2) is 9.97 Å². The summed E-state index contributed by atoms with van der Waals surface area (Å²) in [5.74, 6) is 0. The number of nitrogens with two attached hydrogens (primary N) is 1. The number of imidazole rings is 1. The first kappa shape index (κ1) is 18.4. The van der Waals surface area contributed by atoms with Gasteiger partial charge in [-0.2, -0.15) is 13.2 Å². The second kappa shape index (κ2) is 6.88. The maximum Gasteiger partial charge on any atom is 0.433 e. The van der Waals surface area contributed by atoms with Crippen LogP contribution in [0, 0.1) is 20.8 Å². The van der Waals surface area contributed by atoms with Crippen molar-refractivity contribution in [2.24, 2.45) is 5.73 Å². The molecule has 0 radical (unpaired) electrons. The summed E-state index contributed by atoms with van der Waals surface area (Å²) < 4.78 is 40.7. The third-order valence-electron chi connectivity index (χ3n) is 3.54. The lowest BCUT2D eigenvalue weighted by molar-refractivity contribution is -0.141. The number of primary amides is 1. The van der Waals surface area contributed by atoms with E-state index in [4.69, 9.17) is 4.79 Å². The molecule has 0 bridgehead atoms. The minimum atomic E-state index is -4.48. The first-order valence-corrected chi connectivity index (χ1v) is 7.20. The second-order valence-corrected chi connectivity index (χ2v) is 5.29. The Morgan fingerprint density at radius 1 is 1.12 bits per heavy atom. The van der Waals surface area contributed by atoms with Gasteiger partial charge >= 0.3 is 6.18 Å². The highest BCUT2D eigenvalue weighted by molar-refractivity contribution is 5.64. The van der Waals surface area contributed by atoms with Crippen LogP contribution in [-0.2, 0) is 11.0 Å². The predicted octanol–water partition coefficient (Wildman–Crippen LogP) is 2.84. The molecule has 6 nitrogen and oxygen atoms in total. The van der Waals surface area contributed by atoms with Gasteiger partial charge in [-0.15, -0.1) is 0 Å². The molecule has 3 heterocycles. The van der Waals surface area contributed by atoms with Crippen LogP contribution in [-0.4, -0.2) is 25.8 Å². The lowest BCUT2D eigenvalue weighted by atomic mass is 10.1. The number of alkyl halides is 3. The van der Waals surface area contributed by atoms with Crippen molar-refractivity contribution in [1.82, 2.24) is 19.4 Å². The summed E-state index contributed by atoms with van der Waals surface area (Å²) in [5, 5.41) is 0. The predicted molar refractivity (Wildman–Crippen MR) is 85.7 cm³/mol. The maximum atomic E-state index is 13.0. The summed E-state index contributed by atoms with van der Waals surface area (Å²) in [6, 6.07) is 2.65. The first-order valence-electron chi connectivity index (χ1n) is 7.20. The van der Waals surface area contributed by atoms with E-state index in [1.54, 1.807) is 23.6 Å². The lowest BCUT2D eigenvalue weighted by Gasteiger charge is -2.11. The van der Waals surface area contributed by atoms with E-state index in [0.717, 1.165) is 17.5 Å². The average Bonchev–Trinajstić information content (AvgIpc) is 2.81. The number of fused-ring (bicyclic) bond motifs is 1. The molecule has 0 aliphatic carbocycles. The molecule has 0 saturated carbocycles. The third kappa shape index (κ3) is 3.76. The van der Waals surface area contributed by atoms with Crippen molar-refractivity contribution in [1.29, 1.82) is 0 Å². The van der Waals surface area contributed by atoms with Crippen molar-refractivity contribution in [3.05, 3.63) is 47.3 Å². The quantitative estimate of drug-likeness (QED) is 0.683. The number of pyridine rings is 1. The maximum absolute atomic E-state index is 13.0. The van der Waals surface area contributed by atoms with Gasteiger partial charge in [0.25, 0.3) is 0 Å². The number of amides is 1. The Bertz CT molecular complexity index is 918. The van der Waals surface area contributed by atoms with Crippen LogP contribution >= 0.6 is 0 Å². The molecule has 0 aliphatic heterocycles. The van der Waals surface area contributed by atoms with Crippen LogP contribution in [0.15, 0.2) is 24.5 Å². The van der Waals surface area contributed by atoms with Crippen LogP contribution in [0.3, 0.4) is 0 Å². The topological polar surface area (TPSA) is 86.2 Å². The van der Waals surface area contributed by atoms with Gasteiger partial charge < -0.3 is 5.73 Å². The van der Waals surface area contributed by atoms with E-state index in [0.29, 0.717) is 22.6 Å². The molecule has 9 heteroatoms. The molecule has 0 unspecified atom stereocenters. The number of carbonyl (C=O) groups excluding carboxylic acids is 1. The standard InChI is InChI=1S/C15H13F3N4.CH3NO/c1-8-4-11(5-13(20-8)15(16,17)18)12-6-19-7-14-21-9(2)10(3)22(12)14;2-1-3/h4-7H,1-3H3;1H,(H2,2,3). The summed E-state index contributed by atoms with van der Waals surface area (Å²) >= 11 is 0. The molecule has 0 aromatic carbocycles. The van der Waals surface area contributed by atoms with Gasteiger partial charge in [0.2, 0.25) is 6.41 Å². The molecule has 3 aromatic rings. The Balaban J connectivity index is 0.000000701. The van der Waals surface area contributed by atoms with Crippen molar-refractivity contribution in [3.8, 4) is 11.3 Å². The molecule has 132 valence electrons. The second-order valence-electron chi connectivity index (χ2n) is 5.29. The van der Waals surface area contributed by atoms with Gasteiger partial charge in [-0.1, -0.05) is 0 Å². The van der Waals surface area contributed by atoms with Gasteiger partial charge in [0.05, 0.1) is 23.8 Å². The highest BCUT2D eigenvalue weighted by atomic mass is 19.4. The number of halogens is 3. The van der Waals surface area contributed by atoms with E-state index < -0.39 is 11.9 Å². The van der Waals surface area contributed by atoms with Gasteiger partial charge in [0.15, 0.2) is 5.65 Å². The van der Waals surface area contributed by atoms with E-state index in [1.165, 1.54) is 6.20 Å². The summed E-state index contributed by atoms with van der Waals surface area (Å²) in [7, 11) is 0. The molecule has 0 saturated heterocycles. The fourth-order valence-electron chi connectivity index (χ4n) is 2.42. The fraction of sp³-hybridized carbons (Fsp3) is 0.250. The van der Waals surface area contributed by atoms with Crippen LogP contribution in [0.2, 0.25) is 0 Å². The van der Waals surface area contributed by atoms with Gasteiger partial charge in [0, 0.05) is 17.0 Å².